The van der Waals surface area contributed by atoms with Gasteiger partial charge in [-0.1, -0.05) is 70.4 Å². The molecule has 1 saturated carbocycles. The van der Waals surface area contributed by atoms with Gasteiger partial charge in [-0.2, -0.15) is 43.9 Å². The van der Waals surface area contributed by atoms with E-state index in [-0.39, 0.29) is 35.8 Å². The van der Waals surface area contributed by atoms with Crippen molar-refractivity contribution in [2.75, 3.05) is 17.2 Å². The third-order valence-corrected chi connectivity index (χ3v) is 18.8. The topological polar surface area (TPSA) is 288 Å². The largest absolute Gasteiger partial charge is 0.482 e. The lowest BCUT2D eigenvalue weighted by atomic mass is 9.93. The average Bonchev–Trinajstić information content (AvgIpc) is 1.58. The Hall–Kier alpha value is -11.6. The van der Waals surface area contributed by atoms with Gasteiger partial charge in [0.2, 0.25) is 0 Å². The first kappa shape index (κ1) is 65.7. The lowest BCUT2D eigenvalue weighted by molar-refractivity contribution is -0.141. The number of rotatable bonds is 3. The molecule has 1 aliphatic carbocycles. The van der Waals surface area contributed by atoms with Crippen LogP contribution in [0.25, 0.3) is 61.8 Å². The maximum absolute atomic E-state index is 13.7. The van der Waals surface area contributed by atoms with E-state index in [9.17, 15) is 18.4 Å². The van der Waals surface area contributed by atoms with E-state index in [0.717, 1.165) is 110 Å². The van der Waals surface area contributed by atoms with Crippen LogP contribution in [0.5, 0.6) is 17.2 Å². The number of fused-ring (bicyclic) bond motifs is 21. The lowest BCUT2D eigenvalue weighted by Crippen LogP contribution is -2.14. The number of nitrogen functional groups attached to an aromatic ring is 3. The highest BCUT2D eigenvalue weighted by molar-refractivity contribution is 5.76. The molecule has 0 amide bonds. The second kappa shape index (κ2) is 25.7. The van der Waals surface area contributed by atoms with Crippen molar-refractivity contribution in [2.24, 2.45) is 27.1 Å². The number of nitriles is 1. The Labute approximate surface area is 575 Å². The number of pyridine rings is 3. The monoisotopic (exact) mass is 1350 g/mol. The van der Waals surface area contributed by atoms with Crippen molar-refractivity contribution < 1.29 is 27.4 Å². The van der Waals surface area contributed by atoms with E-state index >= 15 is 0 Å². The Morgan fingerprint density at radius 3 is 1.67 bits per heavy atom. The minimum atomic E-state index is -4.64. The molecule has 12 aromatic rings. The highest BCUT2D eigenvalue weighted by Gasteiger charge is 2.37. The van der Waals surface area contributed by atoms with Gasteiger partial charge in [-0.05, 0) is 104 Å². The molecule has 4 aliphatic rings. The molecular weight excluding hydrogens is 1270 g/mol. The normalized spacial score (nSPS) is 15.8. The molecular formula is C74H75F3N20O3. The SMILES string of the molecule is CCn1nc(C)c2c1-c1cnc(N)c(c1)OC(C)c1cc(C)ccc1-c1nn(C)cc1C2.Cc1ccc2c(c1)C(C)Oc1cc(cnc1N)-c1c(C#N)nn(C)c1Cc1cc(C(F)(F)F)nn1-2.Cc1ccc2c(c1)C(C)Oc1cc(cnc1N)-c1c(nnn1CC1CC1)Cc1cn(C)nc1-2. The summed E-state index contributed by atoms with van der Waals surface area (Å²) in [6.45, 7) is 17.7. The Morgan fingerprint density at radius 2 is 1.12 bits per heavy atom. The van der Waals surface area contributed by atoms with Gasteiger partial charge < -0.3 is 31.4 Å². The second-order valence-corrected chi connectivity index (χ2v) is 26.3. The van der Waals surface area contributed by atoms with Crippen LogP contribution in [0.2, 0.25) is 0 Å². The number of halogens is 3. The number of alkyl halides is 3. The van der Waals surface area contributed by atoms with Gasteiger partial charge in [-0.3, -0.25) is 18.7 Å². The van der Waals surface area contributed by atoms with Gasteiger partial charge >= 0.3 is 6.18 Å². The van der Waals surface area contributed by atoms with E-state index in [1.165, 1.54) is 45.1 Å². The van der Waals surface area contributed by atoms with Crippen LogP contribution >= 0.6 is 0 Å². The Morgan fingerprint density at radius 1 is 0.600 bits per heavy atom. The lowest BCUT2D eigenvalue weighted by Gasteiger charge is -2.22. The van der Waals surface area contributed by atoms with Crippen LogP contribution < -0.4 is 31.4 Å². The number of ether oxygens (including phenoxy) is 3. The predicted octanol–water partition coefficient (Wildman–Crippen LogP) is 13.2. The smallest absolute Gasteiger partial charge is 0.435 e. The number of nitrogens with zero attached hydrogens (tertiary/aromatic N) is 17. The predicted molar refractivity (Wildman–Crippen MR) is 372 cm³/mol. The molecule has 12 heterocycles. The first-order valence-electron chi connectivity index (χ1n) is 33.1. The van der Waals surface area contributed by atoms with E-state index in [1.54, 1.807) is 38.4 Å². The van der Waals surface area contributed by atoms with Crippen LogP contribution in [0.1, 0.15) is 143 Å². The Balaban J connectivity index is 0.000000128. The van der Waals surface area contributed by atoms with Crippen LogP contribution in [0, 0.1) is 44.9 Å². The number of nitrogens with two attached hydrogens (primary N) is 3. The number of hydrogen-bond acceptors (Lipinski definition) is 17. The number of anilines is 3. The maximum Gasteiger partial charge on any atom is 0.435 e. The fourth-order valence-electron chi connectivity index (χ4n) is 13.7. The summed E-state index contributed by atoms with van der Waals surface area (Å²) in [5.41, 5.74) is 39.2. The van der Waals surface area contributed by atoms with Crippen molar-refractivity contribution in [2.45, 2.75) is 125 Å². The first-order chi connectivity index (χ1) is 47.9. The third-order valence-electron chi connectivity index (χ3n) is 18.8. The van der Waals surface area contributed by atoms with Crippen molar-refractivity contribution in [1.82, 2.24) is 78.8 Å². The quantitative estimate of drug-likeness (QED) is 0.148. The van der Waals surface area contributed by atoms with Gasteiger partial charge in [0.05, 0.1) is 51.2 Å². The zero-order chi connectivity index (χ0) is 70.3. The fraction of sp³-hybridized carbons (Fsp3) is 0.311. The number of aromatic nitrogens is 16. The zero-order valence-corrected chi connectivity index (χ0v) is 57.3. The van der Waals surface area contributed by atoms with Gasteiger partial charge in [0.1, 0.15) is 24.4 Å². The standard InChI is InChI=1S/C25H27N7O.C25H28N6O.C24H20F3N7O/c1-14-4-7-19-20(8-14)15(2)33-22-10-17(11-27-25(22)26)24-21(9-18-13-31(3)29-23(18)19)28-30-32(24)12-16-5-6-16;1-6-31-24-17-11-22(25(26)27-12-17)32-16(4)21-9-14(2)7-8-19(21)23-18(13-30(5)29-23)10-20(24)15(3)28-31;1-12-4-5-18-16(6-12)13(2)35-20-7-14(11-30-23(20)29)22-17(10-28)31-33(3)19(22)8-15-9-21(24(25,26)27)32-34(15)18/h4,7-8,10-11,13,15-16H,5-6,9,12H2,1-3H3,(H2,26,27);7-9,11-13,16H,6,10H2,1-5H3,(H2,26,27);4-7,9,11,13H,8H2,1-3H3,(H2,29,30). The highest BCUT2D eigenvalue weighted by atomic mass is 19.4. The molecule has 16 rings (SSSR count). The molecule has 3 aromatic carbocycles. The molecule has 3 unspecified atom stereocenters. The minimum absolute atomic E-state index is 0.0336. The van der Waals surface area contributed by atoms with Crippen molar-refractivity contribution >= 4 is 17.5 Å². The van der Waals surface area contributed by atoms with Gasteiger partial charge in [0, 0.05) is 151 Å². The number of aryl methyl sites for hydroxylation is 8. The van der Waals surface area contributed by atoms with Crippen LogP contribution in [-0.2, 0) is 59.7 Å². The first-order valence-corrected chi connectivity index (χ1v) is 33.1. The Kier molecular flexibility index (Phi) is 16.9. The summed E-state index contributed by atoms with van der Waals surface area (Å²) in [4.78, 5) is 13.2. The molecule has 3 atom stereocenters. The number of benzene rings is 3. The molecule has 6 bridgehead atoms. The number of hydrogen-bond donors (Lipinski definition) is 3. The van der Waals surface area contributed by atoms with Crippen molar-refractivity contribution in [1.29, 1.82) is 5.26 Å². The van der Waals surface area contributed by atoms with E-state index in [2.05, 4.69) is 118 Å². The Bertz CT molecular complexity index is 5230. The van der Waals surface area contributed by atoms with Crippen molar-refractivity contribution in [3.8, 4) is 85.2 Å². The van der Waals surface area contributed by atoms with E-state index in [1.807, 2.05) is 78.0 Å². The molecule has 9 aromatic heterocycles. The molecule has 100 heavy (non-hydrogen) atoms. The van der Waals surface area contributed by atoms with Crippen LogP contribution in [0.4, 0.5) is 30.6 Å². The van der Waals surface area contributed by atoms with Crippen LogP contribution in [0.3, 0.4) is 0 Å². The fourth-order valence-corrected chi connectivity index (χ4v) is 13.7. The summed E-state index contributed by atoms with van der Waals surface area (Å²) in [6.07, 6.45) is 7.46. The third kappa shape index (κ3) is 12.5. The molecule has 1 fully saturated rings. The molecule has 0 spiro atoms. The van der Waals surface area contributed by atoms with Crippen LogP contribution in [0.15, 0.2) is 110 Å². The summed E-state index contributed by atoms with van der Waals surface area (Å²) in [7, 11) is 5.56. The summed E-state index contributed by atoms with van der Waals surface area (Å²) in [6, 6.07) is 26.9. The van der Waals surface area contributed by atoms with Gasteiger partial charge in [0.25, 0.3) is 0 Å². The summed E-state index contributed by atoms with van der Waals surface area (Å²) >= 11 is 0. The van der Waals surface area contributed by atoms with Crippen molar-refractivity contribution in [3.63, 3.8) is 0 Å². The molecule has 0 radical (unpaired) electrons. The summed E-state index contributed by atoms with van der Waals surface area (Å²) in [5, 5.41) is 41.6. The van der Waals surface area contributed by atoms with E-state index in [4.69, 9.17) is 46.7 Å². The molecule has 26 heteroatoms. The molecule has 6 N–H and O–H groups in total. The molecule has 23 nitrogen and oxygen atoms in total. The summed E-state index contributed by atoms with van der Waals surface area (Å²) < 4.78 is 70.8. The highest BCUT2D eigenvalue weighted by Crippen LogP contribution is 2.44. The molecule has 0 saturated heterocycles. The van der Waals surface area contributed by atoms with Crippen molar-refractivity contribution in [3.05, 3.63) is 194 Å². The van der Waals surface area contributed by atoms with Gasteiger partial charge in [0.15, 0.2) is 46.1 Å². The van der Waals surface area contributed by atoms with E-state index in [0.29, 0.717) is 69.3 Å². The average molecular weight is 1350 g/mol. The maximum atomic E-state index is 13.7. The van der Waals surface area contributed by atoms with E-state index < -0.39 is 18.0 Å². The molecule has 3 aliphatic heterocycles. The van der Waals surface area contributed by atoms with Gasteiger partial charge in [-0.25, -0.2) is 24.3 Å². The van der Waals surface area contributed by atoms with Gasteiger partial charge in [-0.15, -0.1) is 5.10 Å². The summed E-state index contributed by atoms with van der Waals surface area (Å²) in [5.74, 6) is 3.01. The second-order valence-electron chi connectivity index (χ2n) is 26.3. The van der Waals surface area contributed by atoms with Crippen LogP contribution in [-0.4, -0.2) is 78.8 Å². The molecule has 510 valence electrons. The zero-order valence-electron chi connectivity index (χ0n) is 57.3. The minimum Gasteiger partial charge on any atom is -0.482 e.